The lowest BCUT2D eigenvalue weighted by Gasteiger charge is -1.95. The number of hydrogen-bond donors (Lipinski definition) is 2. The monoisotopic (exact) mass is 256 g/mol. The number of carbonyl (C=O) groups is 1. The van der Waals surface area contributed by atoms with E-state index in [1.165, 1.54) is 10.1 Å². The van der Waals surface area contributed by atoms with Crippen molar-refractivity contribution < 1.29 is 4.79 Å². The van der Waals surface area contributed by atoms with Crippen LogP contribution in [0.5, 0.6) is 0 Å². The number of nitrogens with one attached hydrogen (secondary N) is 1. The third-order valence-corrected chi connectivity index (χ3v) is 4.01. The second-order valence-electron chi connectivity index (χ2n) is 4.23. The number of aromatic amines is 1. The van der Waals surface area contributed by atoms with Gasteiger partial charge in [0.15, 0.2) is 0 Å². The molecule has 0 unspecified atom stereocenters. The standard InChI is InChI=1S/C14H12N2OS/c1-8-10(14(15)17)6-12(16-8)11-7-18-13-5-3-2-4-9(11)13/h2-7,16H,1H3,(H2,15,17). The largest absolute Gasteiger partial charge is 0.366 e. The molecule has 4 heteroatoms. The molecule has 0 aliphatic heterocycles. The molecule has 0 radical (unpaired) electrons. The van der Waals surface area contributed by atoms with Crippen LogP contribution in [0.1, 0.15) is 16.1 Å². The van der Waals surface area contributed by atoms with Crippen LogP contribution >= 0.6 is 11.3 Å². The van der Waals surface area contributed by atoms with Crippen LogP contribution in [0.3, 0.4) is 0 Å². The molecule has 90 valence electrons. The summed E-state index contributed by atoms with van der Waals surface area (Å²) < 4.78 is 1.24. The topological polar surface area (TPSA) is 58.9 Å². The van der Waals surface area contributed by atoms with E-state index in [1.807, 2.05) is 25.1 Å². The number of amides is 1. The zero-order chi connectivity index (χ0) is 12.7. The number of nitrogens with two attached hydrogens (primary N) is 1. The number of carbonyl (C=O) groups excluding carboxylic acids is 1. The maximum absolute atomic E-state index is 11.3. The molecule has 0 fully saturated rings. The van der Waals surface area contributed by atoms with Crippen molar-refractivity contribution in [2.45, 2.75) is 6.92 Å². The molecule has 3 N–H and O–H groups in total. The number of hydrogen-bond acceptors (Lipinski definition) is 2. The van der Waals surface area contributed by atoms with Crippen LogP contribution in [0.15, 0.2) is 35.7 Å². The summed E-state index contributed by atoms with van der Waals surface area (Å²) in [5.41, 5.74) is 8.77. The summed E-state index contributed by atoms with van der Waals surface area (Å²) in [6.07, 6.45) is 0. The average Bonchev–Trinajstić information content (AvgIpc) is 2.92. The first-order chi connectivity index (χ1) is 8.66. The number of primary amides is 1. The Morgan fingerprint density at radius 2 is 2.11 bits per heavy atom. The Hall–Kier alpha value is -2.07. The van der Waals surface area contributed by atoms with E-state index in [0.717, 1.165) is 17.0 Å². The van der Waals surface area contributed by atoms with Gasteiger partial charge in [-0.3, -0.25) is 4.79 Å². The van der Waals surface area contributed by atoms with E-state index >= 15 is 0 Å². The second-order valence-corrected chi connectivity index (χ2v) is 5.14. The lowest BCUT2D eigenvalue weighted by molar-refractivity contribution is 0.1000. The second kappa shape index (κ2) is 3.99. The van der Waals surface area contributed by atoms with E-state index in [-0.39, 0.29) is 0 Å². The zero-order valence-electron chi connectivity index (χ0n) is 9.86. The summed E-state index contributed by atoms with van der Waals surface area (Å²) in [4.78, 5) is 14.5. The molecule has 0 bridgehead atoms. The highest BCUT2D eigenvalue weighted by molar-refractivity contribution is 7.17. The maximum Gasteiger partial charge on any atom is 0.250 e. The molecule has 1 amide bonds. The minimum atomic E-state index is -0.394. The third-order valence-electron chi connectivity index (χ3n) is 3.05. The van der Waals surface area contributed by atoms with E-state index in [1.54, 1.807) is 11.3 Å². The fourth-order valence-electron chi connectivity index (χ4n) is 2.15. The molecule has 3 rings (SSSR count). The Bertz CT molecular complexity index is 739. The first-order valence-electron chi connectivity index (χ1n) is 5.63. The number of thiophene rings is 1. The van der Waals surface area contributed by atoms with Gasteiger partial charge in [-0.15, -0.1) is 11.3 Å². The van der Waals surface area contributed by atoms with E-state index in [0.29, 0.717) is 5.56 Å². The van der Waals surface area contributed by atoms with Gasteiger partial charge >= 0.3 is 0 Å². The van der Waals surface area contributed by atoms with Gasteiger partial charge in [-0.1, -0.05) is 18.2 Å². The van der Waals surface area contributed by atoms with Gasteiger partial charge < -0.3 is 10.7 Å². The molecule has 0 aliphatic rings. The molecule has 18 heavy (non-hydrogen) atoms. The molecular weight excluding hydrogens is 244 g/mol. The molecule has 2 heterocycles. The first kappa shape index (κ1) is 11.0. The van der Waals surface area contributed by atoms with Crippen molar-refractivity contribution in [2.75, 3.05) is 0 Å². The van der Waals surface area contributed by atoms with Gasteiger partial charge in [0, 0.05) is 32.4 Å². The summed E-state index contributed by atoms with van der Waals surface area (Å²) >= 11 is 1.70. The van der Waals surface area contributed by atoms with Gasteiger partial charge in [-0.05, 0) is 19.1 Å². The molecule has 0 aliphatic carbocycles. The number of H-pyrrole nitrogens is 1. The van der Waals surface area contributed by atoms with Crippen LogP contribution in [0.4, 0.5) is 0 Å². The van der Waals surface area contributed by atoms with Gasteiger partial charge in [-0.2, -0.15) is 0 Å². The van der Waals surface area contributed by atoms with Crippen LogP contribution in [0, 0.1) is 6.92 Å². The predicted molar refractivity (Wildman–Crippen MR) is 74.9 cm³/mol. The summed E-state index contributed by atoms with van der Waals surface area (Å²) in [5, 5.41) is 3.29. The predicted octanol–water partition coefficient (Wildman–Crippen LogP) is 3.30. The van der Waals surface area contributed by atoms with Gasteiger partial charge in [0.25, 0.3) is 5.91 Å². The SMILES string of the molecule is Cc1[nH]c(-c2csc3ccccc23)cc1C(N)=O. The van der Waals surface area contributed by atoms with Gasteiger partial charge in [-0.25, -0.2) is 0 Å². The van der Waals surface area contributed by atoms with E-state index < -0.39 is 5.91 Å². The Labute approximate surface area is 108 Å². The highest BCUT2D eigenvalue weighted by Crippen LogP contribution is 2.33. The van der Waals surface area contributed by atoms with Crippen molar-refractivity contribution in [3.63, 3.8) is 0 Å². The molecule has 0 saturated carbocycles. The van der Waals surface area contributed by atoms with Crippen LogP contribution in [0.2, 0.25) is 0 Å². The average molecular weight is 256 g/mol. The number of fused-ring (bicyclic) bond motifs is 1. The van der Waals surface area contributed by atoms with Crippen molar-refractivity contribution in [2.24, 2.45) is 5.73 Å². The fourth-order valence-corrected chi connectivity index (χ4v) is 3.11. The zero-order valence-corrected chi connectivity index (χ0v) is 10.7. The fraction of sp³-hybridized carbons (Fsp3) is 0.0714. The number of benzene rings is 1. The Balaban J connectivity index is 2.20. The van der Waals surface area contributed by atoms with Crippen LogP contribution < -0.4 is 5.73 Å². The van der Waals surface area contributed by atoms with Crippen molar-refractivity contribution in [1.29, 1.82) is 0 Å². The smallest absolute Gasteiger partial charge is 0.250 e. The lowest BCUT2D eigenvalue weighted by atomic mass is 10.1. The van der Waals surface area contributed by atoms with E-state index in [9.17, 15) is 4.79 Å². The number of aromatic nitrogens is 1. The molecule has 1 aromatic carbocycles. The molecular formula is C14H12N2OS. The van der Waals surface area contributed by atoms with E-state index in [2.05, 4.69) is 22.5 Å². The quantitative estimate of drug-likeness (QED) is 0.726. The van der Waals surface area contributed by atoms with Crippen LogP contribution in [-0.4, -0.2) is 10.9 Å². The summed E-state index contributed by atoms with van der Waals surface area (Å²) in [6, 6.07) is 10.0. The Kier molecular flexibility index (Phi) is 2.45. The Morgan fingerprint density at radius 1 is 1.33 bits per heavy atom. The van der Waals surface area contributed by atoms with Gasteiger partial charge in [0.05, 0.1) is 5.56 Å². The summed E-state index contributed by atoms with van der Waals surface area (Å²) in [5.74, 6) is -0.394. The van der Waals surface area contributed by atoms with Crippen molar-refractivity contribution in [3.8, 4) is 11.3 Å². The van der Waals surface area contributed by atoms with Crippen molar-refractivity contribution >= 4 is 27.3 Å². The highest BCUT2D eigenvalue weighted by atomic mass is 32.1. The molecule has 2 aromatic heterocycles. The molecule has 3 aromatic rings. The molecule has 3 nitrogen and oxygen atoms in total. The normalized spacial score (nSPS) is 10.9. The van der Waals surface area contributed by atoms with E-state index in [4.69, 9.17) is 5.73 Å². The first-order valence-corrected chi connectivity index (χ1v) is 6.51. The summed E-state index contributed by atoms with van der Waals surface area (Å²) in [6.45, 7) is 1.86. The lowest BCUT2D eigenvalue weighted by Crippen LogP contribution is -2.10. The Morgan fingerprint density at radius 3 is 2.83 bits per heavy atom. The third kappa shape index (κ3) is 1.62. The van der Waals surface area contributed by atoms with Gasteiger partial charge in [0.2, 0.25) is 0 Å². The number of aryl methyl sites for hydroxylation is 1. The van der Waals surface area contributed by atoms with Gasteiger partial charge in [0.1, 0.15) is 0 Å². The minimum absolute atomic E-state index is 0.394. The summed E-state index contributed by atoms with van der Waals surface area (Å²) in [7, 11) is 0. The number of rotatable bonds is 2. The molecule has 0 atom stereocenters. The highest BCUT2D eigenvalue weighted by Gasteiger charge is 2.13. The maximum atomic E-state index is 11.3. The van der Waals surface area contributed by atoms with Crippen molar-refractivity contribution in [3.05, 3.63) is 47.0 Å². The molecule has 0 saturated heterocycles. The minimum Gasteiger partial charge on any atom is -0.366 e. The van der Waals surface area contributed by atoms with Crippen LogP contribution in [0.25, 0.3) is 21.3 Å². The molecule has 0 spiro atoms. The van der Waals surface area contributed by atoms with Crippen molar-refractivity contribution in [1.82, 2.24) is 4.98 Å². The van der Waals surface area contributed by atoms with Crippen LogP contribution in [-0.2, 0) is 0 Å².